The molecule has 2 heterocycles. The Balaban J connectivity index is 1.52. The molecule has 0 aliphatic carbocycles. The van der Waals surface area contributed by atoms with E-state index in [4.69, 9.17) is 5.73 Å². The van der Waals surface area contributed by atoms with Gasteiger partial charge in [-0.3, -0.25) is 10.2 Å². The van der Waals surface area contributed by atoms with E-state index in [1.807, 2.05) is 54.6 Å². The zero-order valence-corrected chi connectivity index (χ0v) is 18.1. The molecule has 4 N–H and O–H groups in total. The Bertz CT molecular complexity index is 1270. The summed E-state index contributed by atoms with van der Waals surface area (Å²) in [4.78, 5) is 25.7. The lowest BCUT2D eigenvalue weighted by molar-refractivity contribution is 0.0951. The third-order valence-electron chi connectivity index (χ3n) is 4.86. The fourth-order valence-corrected chi connectivity index (χ4v) is 3.13. The molecule has 2 aromatic heterocycles. The molecular formula is C25H23N7O. The first-order valence-corrected chi connectivity index (χ1v) is 10.4. The predicted octanol–water partition coefficient (Wildman–Crippen LogP) is 3.89. The van der Waals surface area contributed by atoms with Crippen molar-refractivity contribution in [3.05, 3.63) is 102 Å². The van der Waals surface area contributed by atoms with Gasteiger partial charge in [-0.25, -0.2) is 15.0 Å². The Morgan fingerprint density at radius 1 is 1.00 bits per heavy atom. The van der Waals surface area contributed by atoms with Gasteiger partial charge in [-0.15, -0.1) is 0 Å². The molecule has 8 heteroatoms. The molecule has 0 aliphatic heterocycles. The number of pyridine rings is 1. The Morgan fingerprint density at radius 2 is 1.82 bits per heavy atom. The van der Waals surface area contributed by atoms with Gasteiger partial charge in [0.2, 0.25) is 0 Å². The summed E-state index contributed by atoms with van der Waals surface area (Å²) in [5.74, 6) is 0.704. The lowest BCUT2D eigenvalue weighted by atomic mass is 10.1. The quantitative estimate of drug-likeness (QED) is 0.298. The third kappa shape index (κ3) is 5.56. The van der Waals surface area contributed by atoms with Crippen LogP contribution in [0.1, 0.15) is 28.5 Å². The monoisotopic (exact) mass is 437 g/mol. The first-order valence-electron chi connectivity index (χ1n) is 10.4. The lowest BCUT2D eigenvalue weighted by Gasteiger charge is -2.09. The molecule has 33 heavy (non-hydrogen) atoms. The number of hydrogen-bond donors (Lipinski definition) is 3. The van der Waals surface area contributed by atoms with Gasteiger partial charge in [0.05, 0.1) is 17.6 Å². The van der Waals surface area contributed by atoms with Gasteiger partial charge < -0.3 is 11.1 Å². The van der Waals surface area contributed by atoms with Crippen LogP contribution in [0.5, 0.6) is 0 Å². The molecule has 1 amide bonds. The second kappa shape index (κ2) is 10.1. The molecule has 0 radical (unpaired) electrons. The molecule has 0 saturated heterocycles. The van der Waals surface area contributed by atoms with Gasteiger partial charge in [-0.1, -0.05) is 48.5 Å². The van der Waals surface area contributed by atoms with Crippen LogP contribution in [0, 0.1) is 0 Å². The van der Waals surface area contributed by atoms with Gasteiger partial charge in [-0.05, 0) is 36.8 Å². The summed E-state index contributed by atoms with van der Waals surface area (Å²) >= 11 is 0. The number of benzene rings is 2. The minimum atomic E-state index is -0.165. The highest BCUT2D eigenvalue weighted by Gasteiger charge is 2.12. The third-order valence-corrected chi connectivity index (χ3v) is 4.86. The summed E-state index contributed by atoms with van der Waals surface area (Å²) in [5.41, 5.74) is 12.8. The van der Waals surface area contributed by atoms with Crippen LogP contribution in [0.3, 0.4) is 0 Å². The number of hydrogen-bond acceptors (Lipinski definition) is 7. The highest BCUT2D eigenvalue weighted by molar-refractivity contribution is 6.01. The van der Waals surface area contributed by atoms with E-state index >= 15 is 0 Å². The average molecular weight is 438 g/mol. The molecule has 0 aliphatic rings. The number of nitrogens with zero attached hydrogens (tertiary/aromatic N) is 4. The van der Waals surface area contributed by atoms with Crippen LogP contribution < -0.4 is 16.5 Å². The van der Waals surface area contributed by atoms with E-state index in [1.54, 1.807) is 37.5 Å². The van der Waals surface area contributed by atoms with E-state index in [0.29, 0.717) is 35.0 Å². The average Bonchev–Trinajstić information content (AvgIpc) is 2.87. The standard InChI is InChI=1S/C25H23N7O/c1-17(31-32-22-12-5-6-13-27-22)23-24(26)28-16-21(30-23)19-10-7-11-20(14-19)25(33)29-15-18-8-3-2-4-9-18/h2-14,16H,15H2,1H3,(H2,26,28)(H,27,32)(H,29,33)/b31-17+. The summed E-state index contributed by atoms with van der Waals surface area (Å²) in [6, 6.07) is 22.5. The number of anilines is 2. The molecular weight excluding hydrogens is 414 g/mol. The number of carbonyl (C=O) groups excluding carboxylic acids is 1. The van der Waals surface area contributed by atoms with E-state index in [-0.39, 0.29) is 11.7 Å². The van der Waals surface area contributed by atoms with Gasteiger partial charge >= 0.3 is 0 Å². The Hall–Kier alpha value is -4.59. The first kappa shape index (κ1) is 21.6. The van der Waals surface area contributed by atoms with Crippen molar-refractivity contribution in [2.24, 2.45) is 5.10 Å². The largest absolute Gasteiger partial charge is 0.382 e. The Labute approximate surface area is 191 Å². The fraction of sp³-hybridized carbons (Fsp3) is 0.0800. The molecule has 4 aromatic rings. The molecule has 0 unspecified atom stereocenters. The van der Waals surface area contributed by atoms with Crippen molar-refractivity contribution in [1.82, 2.24) is 20.3 Å². The van der Waals surface area contributed by atoms with E-state index in [2.05, 4.69) is 30.8 Å². The van der Waals surface area contributed by atoms with Crippen molar-refractivity contribution in [2.45, 2.75) is 13.5 Å². The predicted molar refractivity (Wildman–Crippen MR) is 130 cm³/mol. The van der Waals surface area contributed by atoms with Gasteiger partial charge in [0.15, 0.2) is 5.82 Å². The van der Waals surface area contributed by atoms with E-state index in [1.165, 1.54) is 0 Å². The maximum atomic E-state index is 12.7. The molecule has 0 bridgehead atoms. The number of nitrogen functional groups attached to an aromatic ring is 1. The van der Waals surface area contributed by atoms with E-state index in [9.17, 15) is 4.79 Å². The van der Waals surface area contributed by atoms with Crippen LogP contribution in [0.25, 0.3) is 11.3 Å². The molecule has 164 valence electrons. The van der Waals surface area contributed by atoms with Crippen LogP contribution in [0.15, 0.2) is 90.3 Å². The van der Waals surface area contributed by atoms with Crippen molar-refractivity contribution in [2.75, 3.05) is 11.2 Å². The second-order valence-electron chi connectivity index (χ2n) is 7.26. The van der Waals surface area contributed by atoms with Crippen LogP contribution in [0.2, 0.25) is 0 Å². The minimum absolute atomic E-state index is 0.165. The molecule has 4 rings (SSSR count). The summed E-state index contributed by atoms with van der Waals surface area (Å²) in [6.07, 6.45) is 3.25. The normalized spacial score (nSPS) is 11.1. The van der Waals surface area contributed by atoms with Gasteiger partial charge in [-0.2, -0.15) is 5.10 Å². The zero-order chi connectivity index (χ0) is 23.0. The van der Waals surface area contributed by atoms with Crippen LogP contribution in [-0.4, -0.2) is 26.6 Å². The second-order valence-corrected chi connectivity index (χ2v) is 7.26. The van der Waals surface area contributed by atoms with Gasteiger partial charge in [0, 0.05) is 23.9 Å². The summed E-state index contributed by atoms with van der Waals surface area (Å²) in [7, 11) is 0. The topological polar surface area (TPSA) is 118 Å². The molecule has 0 saturated carbocycles. The smallest absolute Gasteiger partial charge is 0.251 e. The number of nitrogens with one attached hydrogen (secondary N) is 2. The Morgan fingerprint density at radius 3 is 2.61 bits per heavy atom. The number of hydrazone groups is 1. The van der Waals surface area contributed by atoms with Gasteiger partial charge in [0.25, 0.3) is 5.91 Å². The number of carbonyl (C=O) groups is 1. The van der Waals surface area contributed by atoms with Crippen LogP contribution in [-0.2, 0) is 6.54 Å². The number of nitrogens with two attached hydrogens (primary N) is 1. The van der Waals surface area contributed by atoms with Crippen molar-refractivity contribution in [3.63, 3.8) is 0 Å². The van der Waals surface area contributed by atoms with E-state index in [0.717, 1.165) is 11.1 Å². The minimum Gasteiger partial charge on any atom is -0.382 e. The highest BCUT2D eigenvalue weighted by atomic mass is 16.1. The zero-order valence-electron chi connectivity index (χ0n) is 18.1. The van der Waals surface area contributed by atoms with Crippen molar-refractivity contribution in [3.8, 4) is 11.3 Å². The number of amides is 1. The van der Waals surface area contributed by atoms with Crippen molar-refractivity contribution >= 4 is 23.3 Å². The van der Waals surface area contributed by atoms with Crippen LogP contribution in [0.4, 0.5) is 11.6 Å². The Kier molecular flexibility index (Phi) is 6.65. The SMILES string of the molecule is C/C(=N\Nc1ccccn1)c1nc(-c2cccc(C(=O)NCc3ccccc3)c2)cnc1N. The summed E-state index contributed by atoms with van der Waals surface area (Å²) in [5, 5.41) is 7.25. The number of aromatic nitrogens is 3. The maximum Gasteiger partial charge on any atom is 0.251 e. The molecule has 0 atom stereocenters. The maximum absolute atomic E-state index is 12.7. The molecule has 8 nitrogen and oxygen atoms in total. The van der Waals surface area contributed by atoms with Crippen molar-refractivity contribution < 1.29 is 4.79 Å². The van der Waals surface area contributed by atoms with E-state index < -0.39 is 0 Å². The van der Waals surface area contributed by atoms with Gasteiger partial charge in [0.1, 0.15) is 11.5 Å². The fourth-order valence-electron chi connectivity index (χ4n) is 3.13. The summed E-state index contributed by atoms with van der Waals surface area (Å²) in [6.45, 7) is 2.24. The number of rotatable bonds is 7. The lowest BCUT2D eigenvalue weighted by Crippen LogP contribution is -2.22. The highest BCUT2D eigenvalue weighted by Crippen LogP contribution is 2.20. The first-order chi connectivity index (χ1) is 16.1. The van der Waals surface area contributed by atoms with Crippen molar-refractivity contribution in [1.29, 1.82) is 0 Å². The van der Waals surface area contributed by atoms with Crippen LogP contribution >= 0.6 is 0 Å². The molecule has 0 spiro atoms. The molecule has 0 fully saturated rings. The summed E-state index contributed by atoms with van der Waals surface area (Å²) < 4.78 is 0. The molecule has 2 aromatic carbocycles.